The van der Waals surface area contributed by atoms with Gasteiger partial charge in [-0.15, -0.1) is 15.3 Å². The topological polar surface area (TPSA) is 85.1 Å². The van der Waals surface area contributed by atoms with Crippen LogP contribution in [0.4, 0.5) is 11.5 Å². The van der Waals surface area contributed by atoms with Gasteiger partial charge < -0.3 is 9.47 Å². The van der Waals surface area contributed by atoms with Gasteiger partial charge >= 0.3 is 5.97 Å². The van der Waals surface area contributed by atoms with Gasteiger partial charge in [-0.25, -0.2) is 9.80 Å². The fraction of sp³-hybridized carbons (Fsp3) is 0.185. The van der Waals surface area contributed by atoms with Crippen molar-refractivity contribution in [3.8, 4) is 11.4 Å². The molecule has 3 aromatic carbocycles. The fourth-order valence-corrected chi connectivity index (χ4v) is 4.55. The Morgan fingerprint density at radius 3 is 2.44 bits per heavy atom. The monoisotopic (exact) mass is 480 g/mol. The molecule has 0 saturated carbocycles. The first kappa shape index (κ1) is 22.1. The number of aromatic nitrogens is 4. The minimum Gasteiger partial charge on any atom is -0.465 e. The van der Waals surface area contributed by atoms with Crippen molar-refractivity contribution in [2.24, 2.45) is 0 Å². The number of esters is 1. The Morgan fingerprint density at radius 2 is 1.67 bits per heavy atom. The molecule has 1 aliphatic rings. The van der Waals surface area contributed by atoms with Crippen LogP contribution in [0, 0.1) is 0 Å². The first-order valence-electron chi connectivity index (χ1n) is 11.8. The molecule has 3 heterocycles. The highest BCUT2D eigenvalue weighted by Crippen LogP contribution is 2.34. The van der Waals surface area contributed by atoms with Gasteiger partial charge in [0.1, 0.15) is 0 Å². The maximum atomic E-state index is 12.1. The second-order valence-corrected chi connectivity index (χ2v) is 8.41. The molecule has 0 amide bonds. The van der Waals surface area contributed by atoms with Crippen molar-refractivity contribution in [3.63, 3.8) is 0 Å². The second kappa shape index (κ2) is 9.37. The van der Waals surface area contributed by atoms with Crippen molar-refractivity contribution in [1.82, 2.24) is 24.8 Å². The number of benzene rings is 3. The van der Waals surface area contributed by atoms with Crippen LogP contribution in [0.3, 0.4) is 0 Å². The summed E-state index contributed by atoms with van der Waals surface area (Å²) < 4.78 is 12.3. The Labute approximate surface area is 207 Å². The number of hydrogen-bond donors (Lipinski definition) is 0. The van der Waals surface area contributed by atoms with Crippen LogP contribution in [-0.2, 0) is 9.47 Å². The Bertz CT molecular complexity index is 1550. The third-order valence-corrected chi connectivity index (χ3v) is 6.26. The molecule has 0 N–H and O–H groups in total. The lowest BCUT2D eigenvalue weighted by Gasteiger charge is -2.38. The largest absolute Gasteiger partial charge is 0.465 e. The van der Waals surface area contributed by atoms with E-state index < -0.39 is 5.97 Å². The van der Waals surface area contributed by atoms with Crippen LogP contribution < -0.4 is 5.01 Å². The minimum atomic E-state index is -0.410. The smallest absolute Gasteiger partial charge is 0.337 e. The van der Waals surface area contributed by atoms with E-state index in [1.54, 1.807) is 22.7 Å². The molecule has 6 rings (SSSR count). The van der Waals surface area contributed by atoms with Crippen molar-refractivity contribution in [2.75, 3.05) is 38.4 Å². The van der Waals surface area contributed by atoms with E-state index in [2.05, 4.69) is 38.4 Å². The van der Waals surface area contributed by atoms with E-state index in [1.165, 1.54) is 7.11 Å². The molecule has 9 heteroatoms. The molecule has 0 aliphatic carbocycles. The Hall–Kier alpha value is -4.34. The number of fused-ring (bicyclic) bond motifs is 3. The van der Waals surface area contributed by atoms with Crippen LogP contribution in [-0.4, -0.2) is 64.2 Å². The molecular formula is C27H24N6O3. The zero-order chi connectivity index (χ0) is 24.5. The van der Waals surface area contributed by atoms with Crippen LogP contribution in [0.25, 0.3) is 27.8 Å². The zero-order valence-corrected chi connectivity index (χ0v) is 19.7. The molecular weight excluding hydrogens is 456 g/mol. The number of methoxy groups -OCH3 is 1. The highest BCUT2D eigenvalue weighted by Gasteiger charge is 2.26. The van der Waals surface area contributed by atoms with E-state index in [4.69, 9.17) is 14.6 Å². The van der Waals surface area contributed by atoms with Gasteiger partial charge in [-0.2, -0.15) is 4.52 Å². The summed E-state index contributed by atoms with van der Waals surface area (Å²) in [5, 5.41) is 20.4. The Kier molecular flexibility index (Phi) is 5.76. The van der Waals surface area contributed by atoms with Crippen molar-refractivity contribution in [1.29, 1.82) is 0 Å². The molecule has 0 atom stereocenters. The molecule has 9 nitrogen and oxygen atoms in total. The molecule has 0 unspecified atom stereocenters. The van der Waals surface area contributed by atoms with E-state index >= 15 is 0 Å². The maximum Gasteiger partial charge on any atom is 0.337 e. The van der Waals surface area contributed by atoms with E-state index in [9.17, 15) is 4.79 Å². The highest BCUT2D eigenvalue weighted by atomic mass is 16.5. The van der Waals surface area contributed by atoms with Gasteiger partial charge in [-0.05, 0) is 24.3 Å². The van der Waals surface area contributed by atoms with Crippen LogP contribution >= 0.6 is 0 Å². The molecule has 0 bridgehead atoms. The van der Waals surface area contributed by atoms with Gasteiger partial charge in [-0.3, -0.25) is 5.01 Å². The molecule has 36 heavy (non-hydrogen) atoms. The number of nitrogens with zero attached hydrogens (tertiary/aromatic N) is 6. The molecule has 0 spiro atoms. The quantitative estimate of drug-likeness (QED) is 0.348. The molecule has 1 aliphatic heterocycles. The normalized spacial score (nSPS) is 14.2. The van der Waals surface area contributed by atoms with Crippen LogP contribution in [0.5, 0.6) is 0 Å². The van der Waals surface area contributed by atoms with Gasteiger partial charge in [0.05, 0.1) is 31.6 Å². The summed E-state index contributed by atoms with van der Waals surface area (Å²) >= 11 is 0. The third kappa shape index (κ3) is 3.84. The van der Waals surface area contributed by atoms with Crippen LogP contribution in [0.1, 0.15) is 10.4 Å². The first-order chi connectivity index (χ1) is 17.7. The number of carbonyl (C=O) groups excluding carboxylic acids is 1. The molecule has 1 fully saturated rings. The lowest BCUT2D eigenvalue weighted by atomic mass is 10.1. The second-order valence-electron chi connectivity index (χ2n) is 8.41. The fourth-order valence-electron chi connectivity index (χ4n) is 4.55. The summed E-state index contributed by atoms with van der Waals surface area (Å²) in [6.07, 6.45) is 0. The number of morpholine rings is 1. The summed E-state index contributed by atoms with van der Waals surface area (Å²) in [4.78, 5) is 12.1. The van der Waals surface area contributed by atoms with Crippen molar-refractivity contribution < 1.29 is 14.3 Å². The molecule has 180 valence electrons. The van der Waals surface area contributed by atoms with E-state index in [0.29, 0.717) is 30.2 Å². The van der Waals surface area contributed by atoms with E-state index in [-0.39, 0.29) is 0 Å². The van der Waals surface area contributed by atoms with E-state index in [1.807, 2.05) is 42.5 Å². The summed E-state index contributed by atoms with van der Waals surface area (Å²) in [7, 11) is 1.37. The standard InChI is InChI=1S/C27H24N6O3/c1-35-27(34)20-9-7-8-19(18-20)24-28-29-25-22-12-5-6-13-23(22)26(30-32(24)25)33(21-10-3-2-4-11-21)31-14-16-36-17-15-31/h2-13,18H,14-17H2,1H3. The van der Waals surface area contributed by atoms with Gasteiger partial charge in [0.25, 0.3) is 0 Å². The summed E-state index contributed by atoms with van der Waals surface area (Å²) in [5.74, 6) is 0.890. The number of hydrogen-bond acceptors (Lipinski definition) is 8. The van der Waals surface area contributed by atoms with Crippen molar-refractivity contribution in [3.05, 3.63) is 84.4 Å². The Balaban J connectivity index is 1.60. The summed E-state index contributed by atoms with van der Waals surface area (Å²) in [6.45, 7) is 2.75. The van der Waals surface area contributed by atoms with Gasteiger partial charge in [0.15, 0.2) is 17.3 Å². The number of rotatable bonds is 5. The lowest BCUT2D eigenvalue weighted by molar-refractivity contribution is 0.0375. The number of hydrazine groups is 1. The molecule has 1 saturated heterocycles. The number of ether oxygens (including phenoxy) is 2. The lowest BCUT2D eigenvalue weighted by Crippen LogP contribution is -2.47. The van der Waals surface area contributed by atoms with Gasteiger partial charge in [-0.1, -0.05) is 54.6 Å². The first-order valence-corrected chi connectivity index (χ1v) is 11.8. The van der Waals surface area contributed by atoms with Gasteiger partial charge in [0, 0.05) is 29.4 Å². The van der Waals surface area contributed by atoms with Crippen molar-refractivity contribution in [2.45, 2.75) is 0 Å². The predicted molar refractivity (Wildman–Crippen MR) is 136 cm³/mol. The SMILES string of the molecule is COC(=O)c1cccc(-c2nnc3c4ccccc4c(N(c4ccccc4)N4CCOCC4)nn23)c1. The number of carbonyl (C=O) groups is 1. The number of anilines is 2. The minimum absolute atomic E-state index is 0.410. The average Bonchev–Trinajstić information content (AvgIpc) is 3.38. The average molecular weight is 481 g/mol. The predicted octanol–water partition coefficient (Wildman–Crippen LogP) is 4.12. The summed E-state index contributed by atoms with van der Waals surface area (Å²) in [5.41, 5.74) is 2.80. The summed E-state index contributed by atoms with van der Waals surface area (Å²) in [6, 6.07) is 25.4. The van der Waals surface area contributed by atoms with Gasteiger partial charge in [0.2, 0.25) is 0 Å². The Morgan fingerprint density at radius 1 is 0.917 bits per heavy atom. The van der Waals surface area contributed by atoms with Crippen molar-refractivity contribution >= 4 is 33.9 Å². The maximum absolute atomic E-state index is 12.1. The third-order valence-electron chi connectivity index (χ3n) is 6.26. The number of para-hydroxylation sites is 1. The van der Waals surface area contributed by atoms with Crippen LogP contribution in [0.15, 0.2) is 78.9 Å². The highest BCUT2D eigenvalue weighted by molar-refractivity contribution is 6.01. The van der Waals surface area contributed by atoms with Crippen LogP contribution in [0.2, 0.25) is 0 Å². The molecule has 5 aromatic rings. The zero-order valence-electron chi connectivity index (χ0n) is 19.7. The molecule has 0 radical (unpaired) electrons. The van der Waals surface area contributed by atoms with E-state index in [0.717, 1.165) is 40.9 Å². The molecule has 2 aromatic heterocycles.